The SMILES string of the molecule is CCN(CC)CC(=O)Nc1c(C)cc(/N=N/c2ccc(NC(=O)c3ccccc3)cc2)cc1C. The second kappa shape index (κ2) is 11.9. The fourth-order valence-corrected chi connectivity index (χ4v) is 3.54. The van der Waals surface area contributed by atoms with Gasteiger partial charge in [0.15, 0.2) is 0 Å². The van der Waals surface area contributed by atoms with Crippen molar-refractivity contribution in [1.82, 2.24) is 4.90 Å². The molecule has 0 aromatic heterocycles. The summed E-state index contributed by atoms with van der Waals surface area (Å²) in [6.07, 6.45) is 0. The number of hydrogen-bond acceptors (Lipinski definition) is 5. The predicted molar refractivity (Wildman–Crippen MR) is 137 cm³/mol. The van der Waals surface area contributed by atoms with Crippen LogP contribution in [-0.2, 0) is 4.79 Å². The van der Waals surface area contributed by atoms with Crippen molar-refractivity contribution in [2.24, 2.45) is 10.2 Å². The number of nitrogens with one attached hydrogen (secondary N) is 2. The van der Waals surface area contributed by atoms with Crippen LogP contribution in [0.2, 0.25) is 0 Å². The van der Waals surface area contributed by atoms with Gasteiger partial charge in [0.2, 0.25) is 5.91 Å². The van der Waals surface area contributed by atoms with Gasteiger partial charge in [-0.3, -0.25) is 14.5 Å². The van der Waals surface area contributed by atoms with E-state index in [-0.39, 0.29) is 11.8 Å². The monoisotopic (exact) mass is 457 g/mol. The van der Waals surface area contributed by atoms with E-state index in [0.717, 1.165) is 29.9 Å². The number of amides is 2. The molecule has 0 unspecified atom stereocenters. The van der Waals surface area contributed by atoms with Crippen LogP contribution in [0.15, 0.2) is 77.0 Å². The molecule has 2 N–H and O–H groups in total. The summed E-state index contributed by atoms with van der Waals surface area (Å²) in [5.74, 6) is -0.186. The van der Waals surface area contributed by atoms with Gasteiger partial charge in [0.1, 0.15) is 0 Å². The Balaban J connectivity index is 1.64. The molecule has 7 heteroatoms. The Labute approximate surface area is 200 Å². The van der Waals surface area contributed by atoms with Gasteiger partial charge in [-0.05, 0) is 86.6 Å². The molecule has 176 valence electrons. The molecular weight excluding hydrogens is 426 g/mol. The first-order valence-electron chi connectivity index (χ1n) is 11.4. The van der Waals surface area contributed by atoms with E-state index in [1.165, 1.54) is 0 Å². The molecule has 0 spiro atoms. The average Bonchev–Trinajstić information content (AvgIpc) is 2.85. The van der Waals surface area contributed by atoms with Gasteiger partial charge in [0.05, 0.1) is 17.9 Å². The van der Waals surface area contributed by atoms with Crippen LogP contribution in [0.5, 0.6) is 0 Å². The first kappa shape index (κ1) is 24.8. The third-order valence-corrected chi connectivity index (χ3v) is 5.49. The largest absolute Gasteiger partial charge is 0.324 e. The number of rotatable bonds is 9. The lowest BCUT2D eigenvalue weighted by molar-refractivity contribution is -0.117. The molecule has 3 aromatic rings. The van der Waals surface area contributed by atoms with Gasteiger partial charge in [0.25, 0.3) is 5.91 Å². The Morgan fingerprint density at radius 3 is 1.97 bits per heavy atom. The van der Waals surface area contributed by atoms with Crippen LogP contribution in [0.1, 0.15) is 35.3 Å². The lowest BCUT2D eigenvalue weighted by atomic mass is 10.1. The standard InChI is InChI=1S/C27H31N5O2/c1-5-32(6-2)18-25(33)29-26-19(3)16-24(17-20(26)4)31-30-23-14-12-22(13-15-23)28-27(34)21-10-8-7-9-11-21/h7-17H,5-6,18H2,1-4H3,(H,28,34)(H,29,33)/b31-30+. The van der Waals surface area contributed by atoms with Crippen molar-refractivity contribution in [2.45, 2.75) is 27.7 Å². The number of aryl methyl sites for hydroxylation is 2. The Morgan fingerprint density at radius 2 is 1.38 bits per heavy atom. The second-order valence-electron chi connectivity index (χ2n) is 8.03. The molecule has 0 aliphatic rings. The maximum atomic E-state index is 12.4. The fraction of sp³-hybridized carbons (Fsp3) is 0.259. The van der Waals surface area contributed by atoms with Crippen molar-refractivity contribution in [3.8, 4) is 0 Å². The van der Waals surface area contributed by atoms with Crippen molar-refractivity contribution in [3.05, 3.63) is 83.4 Å². The topological polar surface area (TPSA) is 86.2 Å². The molecule has 0 atom stereocenters. The van der Waals surface area contributed by atoms with E-state index in [9.17, 15) is 9.59 Å². The smallest absolute Gasteiger partial charge is 0.255 e. The molecule has 0 saturated heterocycles. The summed E-state index contributed by atoms with van der Waals surface area (Å²) >= 11 is 0. The molecule has 0 heterocycles. The van der Waals surface area contributed by atoms with Gasteiger partial charge >= 0.3 is 0 Å². The van der Waals surface area contributed by atoms with Crippen molar-refractivity contribution in [3.63, 3.8) is 0 Å². The van der Waals surface area contributed by atoms with E-state index in [4.69, 9.17) is 0 Å². The second-order valence-corrected chi connectivity index (χ2v) is 8.03. The van der Waals surface area contributed by atoms with E-state index in [1.54, 1.807) is 36.4 Å². The first-order valence-corrected chi connectivity index (χ1v) is 11.4. The van der Waals surface area contributed by atoms with Crippen molar-refractivity contribution < 1.29 is 9.59 Å². The maximum Gasteiger partial charge on any atom is 0.255 e. The molecule has 0 aliphatic carbocycles. The molecule has 0 fully saturated rings. The molecule has 3 aromatic carbocycles. The number of azo groups is 1. The van der Waals surface area contributed by atoms with Gasteiger partial charge in [-0.2, -0.15) is 10.2 Å². The highest BCUT2D eigenvalue weighted by Gasteiger charge is 2.12. The molecule has 0 aliphatic heterocycles. The van der Waals surface area contributed by atoms with E-state index in [2.05, 4.69) is 25.8 Å². The summed E-state index contributed by atoms with van der Waals surface area (Å²) < 4.78 is 0. The van der Waals surface area contributed by atoms with Crippen LogP contribution in [0.3, 0.4) is 0 Å². The highest BCUT2D eigenvalue weighted by molar-refractivity contribution is 6.04. The molecule has 0 saturated carbocycles. The number of nitrogens with zero attached hydrogens (tertiary/aromatic N) is 3. The minimum atomic E-state index is -0.162. The van der Waals surface area contributed by atoms with Crippen LogP contribution < -0.4 is 10.6 Å². The Morgan fingerprint density at radius 1 is 0.794 bits per heavy atom. The maximum absolute atomic E-state index is 12.4. The zero-order chi connectivity index (χ0) is 24.5. The molecular formula is C27H31N5O2. The van der Waals surface area contributed by atoms with E-state index in [0.29, 0.717) is 29.2 Å². The fourth-order valence-electron chi connectivity index (χ4n) is 3.54. The van der Waals surface area contributed by atoms with Crippen LogP contribution in [-0.4, -0.2) is 36.3 Å². The van der Waals surface area contributed by atoms with Crippen LogP contribution in [0.4, 0.5) is 22.7 Å². The minimum absolute atomic E-state index is 0.0243. The lowest BCUT2D eigenvalue weighted by Gasteiger charge is -2.18. The Hall–Kier alpha value is -3.84. The van der Waals surface area contributed by atoms with Crippen LogP contribution in [0.25, 0.3) is 0 Å². The van der Waals surface area contributed by atoms with Crippen LogP contribution in [0, 0.1) is 13.8 Å². The van der Waals surface area contributed by atoms with Crippen LogP contribution >= 0.6 is 0 Å². The van der Waals surface area contributed by atoms with E-state index < -0.39 is 0 Å². The number of carbonyl (C=O) groups is 2. The van der Waals surface area contributed by atoms with Crippen molar-refractivity contribution >= 4 is 34.6 Å². The highest BCUT2D eigenvalue weighted by atomic mass is 16.2. The Kier molecular flexibility index (Phi) is 8.65. The summed E-state index contributed by atoms with van der Waals surface area (Å²) in [4.78, 5) is 26.7. The minimum Gasteiger partial charge on any atom is -0.324 e. The molecule has 0 radical (unpaired) electrons. The number of hydrogen-bond donors (Lipinski definition) is 2. The average molecular weight is 458 g/mol. The van der Waals surface area contributed by atoms with E-state index in [1.807, 2.05) is 58.0 Å². The molecule has 0 bridgehead atoms. The van der Waals surface area contributed by atoms with Gasteiger partial charge in [-0.1, -0.05) is 32.0 Å². The number of anilines is 2. The Bertz CT molecular complexity index is 1130. The summed E-state index contributed by atoms with van der Waals surface area (Å²) in [7, 11) is 0. The van der Waals surface area contributed by atoms with Gasteiger partial charge in [-0.25, -0.2) is 0 Å². The summed E-state index contributed by atoms with van der Waals surface area (Å²) in [5, 5.41) is 14.5. The van der Waals surface area contributed by atoms with Gasteiger partial charge in [0, 0.05) is 16.9 Å². The van der Waals surface area contributed by atoms with Crippen molar-refractivity contribution in [1.29, 1.82) is 0 Å². The molecule has 2 amide bonds. The quantitative estimate of drug-likeness (QED) is 0.372. The van der Waals surface area contributed by atoms with E-state index >= 15 is 0 Å². The normalized spacial score (nSPS) is 11.1. The highest BCUT2D eigenvalue weighted by Crippen LogP contribution is 2.28. The number of benzene rings is 3. The lowest BCUT2D eigenvalue weighted by Crippen LogP contribution is -2.33. The zero-order valence-electron chi connectivity index (χ0n) is 20.1. The van der Waals surface area contributed by atoms with Crippen molar-refractivity contribution in [2.75, 3.05) is 30.3 Å². The molecule has 3 rings (SSSR count). The van der Waals surface area contributed by atoms with Gasteiger partial charge < -0.3 is 10.6 Å². The first-order chi connectivity index (χ1) is 16.4. The summed E-state index contributed by atoms with van der Waals surface area (Å²) in [6, 6.07) is 20.0. The zero-order valence-corrected chi connectivity index (χ0v) is 20.1. The molecule has 34 heavy (non-hydrogen) atoms. The third kappa shape index (κ3) is 6.83. The summed E-state index contributed by atoms with van der Waals surface area (Å²) in [5.41, 5.74) is 5.34. The predicted octanol–water partition coefficient (Wildman–Crippen LogP) is 6.25. The van der Waals surface area contributed by atoms with Gasteiger partial charge in [-0.15, -0.1) is 0 Å². The third-order valence-electron chi connectivity index (χ3n) is 5.49. The number of carbonyl (C=O) groups excluding carboxylic acids is 2. The molecule has 7 nitrogen and oxygen atoms in total. The number of likely N-dealkylation sites (N-methyl/N-ethyl adjacent to an activating group) is 1. The summed E-state index contributed by atoms with van der Waals surface area (Å²) in [6.45, 7) is 10.0.